The van der Waals surface area contributed by atoms with E-state index in [1.54, 1.807) is 0 Å². The molecule has 0 amide bonds. The largest absolute Gasteiger partial charge is 0.387 e. The number of hydrogen-bond acceptors (Lipinski definition) is 2. The maximum absolute atomic E-state index is 10.4. The Balaban J connectivity index is 2.02. The van der Waals surface area contributed by atoms with Crippen molar-refractivity contribution in [2.45, 2.75) is 58.2 Å². The molecule has 1 aromatic carbocycles. The van der Waals surface area contributed by atoms with Crippen LogP contribution in [0.25, 0.3) is 0 Å². The lowest BCUT2D eigenvalue weighted by atomic mass is 10.1. The lowest BCUT2D eigenvalue weighted by Crippen LogP contribution is -2.37. The van der Waals surface area contributed by atoms with Crippen molar-refractivity contribution in [1.82, 2.24) is 4.90 Å². The molecule has 2 heteroatoms. The van der Waals surface area contributed by atoms with E-state index in [4.69, 9.17) is 0 Å². The smallest absolute Gasteiger partial charge is 0.0917 e. The molecule has 1 fully saturated rings. The molecule has 1 aliphatic rings. The topological polar surface area (TPSA) is 23.5 Å². The molecule has 1 aliphatic heterocycles. The van der Waals surface area contributed by atoms with Crippen LogP contribution in [-0.2, 0) is 0 Å². The van der Waals surface area contributed by atoms with Crippen LogP contribution < -0.4 is 0 Å². The van der Waals surface area contributed by atoms with E-state index in [1.165, 1.54) is 24.8 Å². The zero-order chi connectivity index (χ0) is 13.1. The van der Waals surface area contributed by atoms with E-state index in [-0.39, 0.29) is 6.10 Å². The van der Waals surface area contributed by atoms with Crippen molar-refractivity contribution in [2.75, 3.05) is 6.54 Å². The van der Waals surface area contributed by atoms with Crippen LogP contribution in [0.2, 0.25) is 0 Å². The van der Waals surface area contributed by atoms with Crippen molar-refractivity contribution in [3.63, 3.8) is 0 Å². The van der Waals surface area contributed by atoms with Crippen molar-refractivity contribution in [3.8, 4) is 0 Å². The summed E-state index contributed by atoms with van der Waals surface area (Å²) < 4.78 is 0. The first-order valence-electron chi connectivity index (χ1n) is 7.12. The van der Waals surface area contributed by atoms with Gasteiger partial charge in [0, 0.05) is 18.6 Å². The van der Waals surface area contributed by atoms with Crippen LogP contribution in [0.5, 0.6) is 0 Å². The van der Waals surface area contributed by atoms with Gasteiger partial charge in [-0.05, 0) is 38.7 Å². The fourth-order valence-corrected chi connectivity index (χ4v) is 2.99. The Kier molecular flexibility index (Phi) is 4.41. The molecule has 0 aromatic heterocycles. The second-order valence-corrected chi connectivity index (χ2v) is 5.61. The molecule has 1 N–H and O–H groups in total. The zero-order valence-electron chi connectivity index (χ0n) is 11.8. The van der Waals surface area contributed by atoms with E-state index in [1.807, 2.05) is 12.1 Å². The van der Waals surface area contributed by atoms with Crippen LogP contribution >= 0.6 is 0 Å². The second-order valence-electron chi connectivity index (χ2n) is 5.61. The van der Waals surface area contributed by atoms with Crippen LogP contribution in [0.4, 0.5) is 0 Å². The van der Waals surface area contributed by atoms with Gasteiger partial charge in [-0.3, -0.25) is 4.90 Å². The molecule has 0 aliphatic carbocycles. The van der Waals surface area contributed by atoms with Gasteiger partial charge < -0.3 is 5.11 Å². The number of β-amino-alcohol motifs (C(OH)–C–C–N with tert-alkyl or cyclic N) is 1. The van der Waals surface area contributed by atoms with Crippen molar-refractivity contribution < 1.29 is 5.11 Å². The lowest BCUT2D eigenvalue weighted by molar-refractivity contribution is 0.0860. The van der Waals surface area contributed by atoms with Crippen molar-refractivity contribution in [2.24, 2.45) is 0 Å². The molecular formula is C16H25NO. The Morgan fingerprint density at radius 1 is 1.28 bits per heavy atom. The number of aryl methyl sites for hydroxylation is 1. The predicted molar refractivity (Wildman–Crippen MR) is 75.6 cm³/mol. The van der Waals surface area contributed by atoms with Crippen molar-refractivity contribution in [3.05, 3.63) is 35.4 Å². The number of likely N-dealkylation sites (tertiary alicyclic amines) is 1. The van der Waals surface area contributed by atoms with Gasteiger partial charge in [-0.15, -0.1) is 0 Å². The summed E-state index contributed by atoms with van der Waals surface area (Å²) in [7, 11) is 0. The van der Waals surface area contributed by atoms with Gasteiger partial charge in [0.05, 0.1) is 6.10 Å². The Morgan fingerprint density at radius 3 is 2.56 bits per heavy atom. The number of nitrogens with zero attached hydrogens (tertiary/aromatic N) is 1. The average Bonchev–Trinajstić information content (AvgIpc) is 2.71. The first-order chi connectivity index (χ1) is 8.61. The van der Waals surface area contributed by atoms with Crippen molar-refractivity contribution in [1.29, 1.82) is 0 Å². The number of hydrogen-bond donors (Lipinski definition) is 1. The summed E-state index contributed by atoms with van der Waals surface area (Å²) in [6.45, 7) is 7.36. The van der Waals surface area contributed by atoms with Crippen LogP contribution in [0.3, 0.4) is 0 Å². The first-order valence-corrected chi connectivity index (χ1v) is 7.12. The average molecular weight is 247 g/mol. The van der Waals surface area contributed by atoms with Crippen molar-refractivity contribution >= 4 is 0 Å². The van der Waals surface area contributed by atoms with E-state index in [0.717, 1.165) is 12.1 Å². The third kappa shape index (κ3) is 2.93. The molecule has 3 unspecified atom stereocenters. The normalized spacial score (nSPS) is 26.4. The number of aliphatic hydroxyl groups is 1. The molecule has 0 spiro atoms. The summed E-state index contributed by atoms with van der Waals surface area (Å²) in [6.07, 6.45) is 3.36. The minimum absolute atomic E-state index is 0.361. The van der Waals surface area contributed by atoms with Crippen LogP contribution in [0.1, 0.15) is 50.3 Å². The van der Waals surface area contributed by atoms with Gasteiger partial charge in [0.25, 0.3) is 0 Å². The third-order valence-corrected chi connectivity index (χ3v) is 4.27. The molecular weight excluding hydrogens is 222 g/mol. The minimum Gasteiger partial charge on any atom is -0.387 e. The number of aliphatic hydroxyl groups excluding tert-OH is 1. The van der Waals surface area contributed by atoms with Gasteiger partial charge in [-0.25, -0.2) is 0 Å². The van der Waals surface area contributed by atoms with Gasteiger partial charge >= 0.3 is 0 Å². The SMILES string of the molecule is CCC1CCC(C)N1CC(O)c1ccc(C)cc1. The molecule has 100 valence electrons. The number of rotatable bonds is 4. The van der Waals surface area contributed by atoms with Crippen LogP contribution in [-0.4, -0.2) is 28.6 Å². The summed E-state index contributed by atoms with van der Waals surface area (Å²) >= 11 is 0. The molecule has 1 aromatic rings. The highest BCUT2D eigenvalue weighted by molar-refractivity contribution is 5.23. The van der Waals surface area contributed by atoms with Gasteiger partial charge in [0.1, 0.15) is 0 Å². The highest BCUT2D eigenvalue weighted by Crippen LogP contribution is 2.28. The minimum atomic E-state index is -0.361. The number of benzene rings is 1. The molecule has 1 heterocycles. The molecule has 0 bridgehead atoms. The van der Waals surface area contributed by atoms with Crippen LogP contribution in [0.15, 0.2) is 24.3 Å². The Morgan fingerprint density at radius 2 is 1.94 bits per heavy atom. The molecule has 2 nitrogen and oxygen atoms in total. The highest BCUT2D eigenvalue weighted by Gasteiger charge is 2.30. The van der Waals surface area contributed by atoms with Gasteiger partial charge in [0.15, 0.2) is 0 Å². The molecule has 0 saturated carbocycles. The van der Waals surface area contributed by atoms with Gasteiger partial charge in [0.2, 0.25) is 0 Å². The maximum atomic E-state index is 10.4. The molecule has 1 saturated heterocycles. The Hall–Kier alpha value is -0.860. The fraction of sp³-hybridized carbons (Fsp3) is 0.625. The van der Waals surface area contributed by atoms with Crippen LogP contribution in [0, 0.1) is 6.92 Å². The molecule has 2 rings (SSSR count). The summed E-state index contributed by atoms with van der Waals surface area (Å²) in [6, 6.07) is 9.49. The summed E-state index contributed by atoms with van der Waals surface area (Å²) in [5, 5.41) is 10.4. The predicted octanol–water partition coefficient (Wildman–Crippen LogP) is 3.29. The highest BCUT2D eigenvalue weighted by atomic mass is 16.3. The Labute approximate surface area is 111 Å². The summed E-state index contributed by atoms with van der Waals surface area (Å²) in [5.41, 5.74) is 2.28. The summed E-state index contributed by atoms with van der Waals surface area (Å²) in [4.78, 5) is 2.48. The van der Waals surface area contributed by atoms with E-state index in [0.29, 0.717) is 12.1 Å². The molecule has 3 atom stereocenters. The summed E-state index contributed by atoms with van der Waals surface area (Å²) in [5.74, 6) is 0. The zero-order valence-corrected chi connectivity index (χ0v) is 11.8. The molecule has 0 radical (unpaired) electrons. The monoisotopic (exact) mass is 247 g/mol. The maximum Gasteiger partial charge on any atom is 0.0917 e. The Bertz CT molecular complexity index is 373. The first kappa shape index (κ1) is 13.6. The lowest BCUT2D eigenvalue weighted by Gasteiger charge is -2.30. The van der Waals surface area contributed by atoms with Gasteiger partial charge in [-0.1, -0.05) is 36.8 Å². The second kappa shape index (κ2) is 5.85. The van der Waals surface area contributed by atoms with E-state index in [9.17, 15) is 5.11 Å². The third-order valence-electron chi connectivity index (χ3n) is 4.27. The molecule has 18 heavy (non-hydrogen) atoms. The van der Waals surface area contributed by atoms with Gasteiger partial charge in [-0.2, -0.15) is 0 Å². The van der Waals surface area contributed by atoms with E-state index >= 15 is 0 Å². The quantitative estimate of drug-likeness (QED) is 0.882. The van der Waals surface area contributed by atoms with E-state index < -0.39 is 0 Å². The van der Waals surface area contributed by atoms with E-state index in [2.05, 4.69) is 37.8 Å². The fourth-order valence-electron chi connectivity index (χ4n) is 2.99. The standard InChI is InChI=1S/C16H25NO/c1-4-15-10-7-13(3)17(15)11-16(18)14-8-5-12(2)6-9-14/h5-6,8-9,13,15-16,18H,4,7,10-11H2,1-3H3.